The molecule has 0 bridgehead atoms. The number of aromatic nitrogens is 3. The molecule has 4 aromatic rings. The molecule has 36 heavy (non-hydrogen) atoms. The maximum atomic E-state index is 12.7. The van der Waals surface area contributed by atoms with E-state index in [1.807, 2.05) is 35.0 Å². The van der Waals surface area contributed by atoms with Gasteiger partial charge in [-0.3, -0.25) is 4.57 Å². The van der Waals surface area contributed by atoms with Crippen molar-refractivity contribution in [1.29, 1.82) is 0 Å². The lowest BCUT2D eigenvalue weighted by atomic mass is 10.0. The summed E-state index contributed by atoms with van der Waals surface area (Å²) in [7, 11) is 2.85. The molecule has 8 nitrogen and oxygen atoms in total. The zero-order valence-electron chi connectivity index (χ0n) is 20.6. The molecule has 0 radical (unpaired) electrons. The van der Waals surface area contributed by atoms with Crippen LogP contribution in [0.25, 0.3) is 22.7 Å². The summed E-state index contributed by atoms with van der Waals surface area (Å²) in [6.45, 7) is 2.09. The van der Waals surface area contributed by atoms with Crippen molar-refractivity contribution in [1.82, 2.24) is 14.5 Å². The van der Waals surface area contributed by atoms with Crippen LogP contribution in [0.2, 0.25) is 0 Å². The average Bonchev–Trinajstić information content (AvgIpc) is 3.52. The number of carboxylic acid groups (broad SMARTS) is 1. The van der Waals surface area contributed by atoms with Crippen molar-refractivity contribution >= 4 is 28.9 Å². The fourth-order valence-corrected chi connectivity index (χ4v) is 4.21. The number of aromatic amines is 1. The van der Waals surface area contributed by atoms with Crippen LogP contribution in [0, 0.1) is 0 Å². The molecule has 0 fully saturated rings. The molecule has 0 aliphatic rings. The van der Waals surface area contributed by atoms with Crippen LogP contribution >= 0.6 is 0 Å². The Morgan fingerprint density at radius 1 is 1.14 bits per heavy atom. The summed E-state index contributed by atoms with van der Waals surface area (Å²) in [5.74, 6) is -0.295. The Hall–Kier alpha value is -4.33. The molecule has 0 atom stereocenters. The van der Waals surface area contributed by atoms with E-state index in [2.05, 4.69) is 16.9 Å². The topological polar surface area (TPSA) is 106 Å². The standard InChI is InChI=1S/C28H29N3O5/c1-4-5-6-26-30-17-21(31(26)25-10-8-22(35-2)16-23(25)28(34)36-3)15-20(27(32)33)14-18-7-9-24-19(13-18)11-12-29-24/h7-13,15-17,29H,4-6,14H2,1-3H3,(H,32,33)/b20-15+. The Kier molecular flexibility index (Phi) is 7.53. The van der Waals surface area contributed by atoms with E-state index in [4.69, 9.17) is 9.47 Å². The highest BCUT2D eigenvalue weighted by molar-refractivity contribution is 5.95. The predicted octanol–water partition coefficient (Wildman–Crippen LogP) is 5.20. The van der Waals surface area contributed by atoms with Gasteiger partial charge in [-0.25, -0.2) is 14.6 Å². The first-order valence-electron chi connectivity index (χ1n) is 11.8. The number of H-pyrrole nitrogens is 1. The minimum atomic E-state index is -1.02. The largest absolute Gasteiger partial charge is 0.497 e. The maximum absolute atomic E-state index is 12.7. The number of ether oxygens (including phenoxy) is 2. The van der Waals surface area contributed by atoms with Gasteiger partial charge in [-0.1, -0.05) is 19.4 Å². The number of carbonyl (C=O) groups excluding carboxylic acids is 1. The lowest BCUT2D eigenvalue weighted by Gasteiger charge is -2.16. The van der Waals surface area contributed by atoms with Crippen LogP contribution in [0.4, 0.5) is 0 Å². The van der Waals surface area contributed by atoms with E-state index >= 15 is 0 Å². The number of aryl methyl sites for hydroxylation is 1. The summed E-state index contributed by atoms with van der Waals surface area (Å²) < 4.78 is 12.2. The number of benzene rings is 2. The number of methoxy groups -OCH3 is 2. The van der Waals surface area contributed by atoms with E-state index in [0.29, 0.717) is 29.1 Å². The number of rotatable bonds is 10. The van der Waals surface area contributed by atoms with Crippen LogP contribution in [-0.4, -0.2) is 45.8 Å². The number of nitrogens with zero attached hydrogens (tertiary/aromatic N) is 2. The second-order valence-electron chi connectivity index (χ2n) is 8.46. The number of aliphatic carboxylic acids is 1. The van der Waals surface area contributed by atoms with Crippen LogP contribution in [0.3, 0.4) is 0 Å². The molecule has 2 N–H and O–H groups in total. The van der Waals surface area contributed by atoms with Crippen LogP contribution in [0.1, 0.15) is 47.2 Å². The smallest absolute Gasteiger partial charge is 0.340 e. The summed E-state index contributed by atoms with van der Waals surface area (Å²) in [5.41, 5.74) is 3.51. The lowest BCUT2D eigenvalue weighted by Crippen LogP contribution is -2.12. The molecule has 2 heterocycles. The fourth-order valence-electron chi connectivity index (χ4n) is 4.21. The zero-order valence-corrected chi connectivity index (χ0v) is 20.6. The maximum Gasteiger partial charge on any atom is 0.340 e. The summed E-state index contributed by atoms with van der Waals surface area (Å²) in [5, 5.41) is 11.1. The molecule has 0 spiro atoms. The molecule has 2 aromatic heterocycles. The van der Waals surface area contributed by atoms with Crippen molar-refractivity contribution in [3.05, 3.63) is 83.1 Å². The van der Waals surface area contributed by atoms with E-state index < -0.39 is 11.9 Å². The van der Waals surface area contributed by atoms with E-state index in [1.54, 1.807) is 30.5 Å². The molecule has 2 aromatic carbocycles. The zero-order chi connectivity index (χ0) is 25.7. The van der Waals surface area contributed by atoms with Gasteiger partial charge in [-0.2, -0.15) is 0 Å². The van der Waals surface area contributed by atoms with Crippen molar-refractivity contribution in [2.24, 2.45) is 0 Å². The number of unbranched alkanes of at least 4 members (excludes halogenated alkanes) is 1. The van der Waals surface area contributed by atoms with Crippen molar-refractivity contribution in [3.8, 4) is 11.4 Å². The number of carbonyl (C=O) groups is 2. The molecular formula is C28H29N3O5. The quantitative estimate of drug-likeness (QED) is 0.235. The molecule has 0 aliphatic heterocycles. The monoisotopic (exact) mass is 487 g/mol. The van der Waals surface area contributed by atoms with Crippen LogP contribution < -0.4 is 4.74 Å². The first kappa shape index (κ1) is 24.8. The second-order valence-corrected chi connectivity index (χ2v) is 8.46. The molecule has 8 heteroatoms. The summed E-state index contributed by atoms with van der Waals surface area (Å²) in [6, 6.07) is 12.9. The number of imidazole rings is 1. The summed E-state index contributed by atoms with van der Waals surface area (Å²) in [6.07, 6.45) is 7.89. The van der Waals surface area contributed by atoms with Gasteiger partial charge in [-0.05, 0) is 59.8 Å². The van der Waals surface area contributed by atoms with Crippen molar-refractivity contribution in [2.45, 2.75) is 32.6 Å². The molecule has 0 saturated carbocycles. The van der Waals surface area contributed by atoms with Gasteiger partial charge in [0.2, 0.25) is 0 Å². The average molecular weight is 488 g/mol. The van der Waals surface area contributed by atoms with Gasteiger partial charge in [0.05, 0.1) is 37.4 Å². The van der Waals surface area contributed by atoms with Gasteiger partial charge < -0.3 is 19.6 Å². The van der Waals surface area contributed by atoms with Gasteiger partial charge >= 0.3 is 11.9 Å². The predicted molar refractivity (Wildman–Crippen MR) is 138 cm³/mol. The lowest BCUT2D eigenvalue weighted by molar-refractivity contribution is -0.132. The molecular weight excluding hydrogens is 458 g/mol. The van der Waals surface area contributed by atoms with Gasteiger partial charge in [0, 0.05) is 30.1 Å². The van der Waals surface area contributed by atoms with Crippen LogP contribution in [0.15, 0.2) is 60.4 Å². The van der Waals surface area contributed by atoms with Gasteiger partial charge in [0.15, 0.2) is 0 Å². The van der Waals surface area contributed by atoms with E-state index in [0.717, 1.165) is 35.1 Å². The Balaban J connectivity index is 1.83. The van der Waals surface area contributed by atoms with Crippen LogP contribution in [0.5, 0.6) is 5.75 Å². The van der Waals surface area contributed by atoms with Crippen LogP contribution in [-0.2, 0) is 22.4 Å². The highest BCUT2D eigenvalue weighted by atomic mass is 16.5. The molecule has 0 amide bonds. The van der Waals surface area contributed by atoms with Crippen molar-refractivity contribution in [2.75, 3.05) is 14.2 Å². The molecule has 4 rings (SSSR count). The Morgan fingerprint density at radius 3 is 2.69 bits per heavy atom. The van der Waals surface area contributed by atoms with Gasteiger partial charge in [-0.15, -0.1) is 0 Å². The first-order chi connectivity index (χ1) is 17.4. The number of hydrogen-bond acceptors (Lipinski definition) is 5. The Labute approximate surface area is 209 Å². The third kappa shape index (κ3) is 5.17. The fraction of sp³-hybridized carbons (Fsp3) is 0.250. The van der Waals surface area contributed by atoms with E-state index in [-0.39, 0.29) is 12.0 Å². The number of hydrogen-bond donors (Lipinski definition) is 2. The number of nitrogens with one attached hydrogen (secondary N) is 1. The van der Waals surface area contributed by atoms with Gasteiger partial charge in [0.1, 0.15) is 11.6 Å². The van der Waals surface area contributed by atoms with Gasteiger partial charge in [0.25, 0.3) is 0 Å². The number of carboxylic acids is 1. The minimum Gasteiger partial charge on any atom is -0.497 e. The van der Waals surface area contributed by atoms with E-state index in [1.165, 1.54) is 14.2 Å². The molecule has 186 valence electrons. The van der Waals surface area contributed by atoms with Crippen molar-refractivity contribution < 1.29 is 24.2 Å². The first-order valence-corrected chi connectivity index (χ1v) is 11.8. The third-order valence-corrected chi connectivity index (χ3v) is 6.08. The second kappa shape index (κ2) is 10.9. The molecule has 0 aliphatic carbocycles. The number of fused-ring (bicyclic) bond motifs is 1. The SMILES string of the molecule is CCCCc1ncc(/C=C(\Cc2ccc3[nH]ccc3c2)C(=O)O)n1-c1ccc(OC)cc1C(=O)OC. The molecule has 0 saturated heterocycles. The highest BCUT2D eigenvalue weighted by Gasteiger charge is 2.20. The normalized spacial score (nSPS) is 11.6. The minimum absolute atomic E-state index is 0.209. The van der Waals surface area contributed by atoms with E-state index in [9.17, 15) is 14.7 Å². The Bertz CT molecular complexity index is 1430. The summed E-state index contributed by atoms with van der Waals surface area (Å²) >= 11 is 0. The molecule has 0 unspecified atom stereocenters. The highest BCUT2D eigenvalue weighted by Crippen LogP contribution is 2.27. The summed E-state index contributed by atoms with van der Waals surface area (Å²) in [4.78, 5) is 32.7. The Morgan fingerprint density at radius 2 is 1.97 bits per heavy atom. The van der Waals surface area contributed by atoms with Crippen molar-refractivity contribution in [3.63, 3.8) is 0 Å². The number of esters is 1. The third-order valence-electron chi connectivity index (χ3n) is 6.08.